The number of ether oxygens (including phenoxy) is 1. The van der Waals surface area contributed by atoms with E-state index in [9.17, 15) is 4.79 Å². The third-order valence-corrected chi connectivity index (χ3v) is 5.11. The zero-order valence-corrected chi connectivity index (χ0v) is 13.7. The maximum absolute atomic E-state index is 12.3. The normalized spacial score (nSPS) is 25.4. The maximum Gasteiger partial charge on any atom is 0.258 e. The van der Waals surface area contributed by atoms with Crippen molar-refractivity contribution in [3.05, 3.63) is 45.5 Å². The van der Waals surface area contributed by atoms with Gasteiger partial charge in [-0.1, -0.05) is 24.4 Å². The Labute approximate surface area is 139 Å². The number of aromatic nitrogens is 2. The maximum atomic E-state index is 12.3. The Kier molecular flexibility index (Phi) is 4.09. The van der Waals surface area contributed by atoms with Crippen molar-refractivity contribution in [2.45, 2.75) is 44.4 Å². The van der Waals surface area contributed by atoms with Gasteiger partial charge < -0.3 is 4.74 Å². The molecule has 0 unspecified atom stereocenters. The van der Waals surface area contributed by atoms with Crippen molar-refractivity contribution in [1.82, 2.24) is 14.3 Å². The fraction of sp³-hybridized carbons (Fsp3) is 0.529. The van der Waals surface area contributed by atoms with E-state index in [1.165, 1.54) is 23.7 Å². The smallest absolute Gasteiger partial charge is 0.258 e. The van der Waals surface area contributed by atoms with E-state index in [1.807, 2.05) is 0 Å². The lowest BCUT2D eigenvalue weighted by Gasteiger charge is -2.43. The molecule has 1 saturated heterocycles. The van der Waals surface area contributed by atoms with Gasteiger partial charge in [0, 0.05) is 31.4 Å². The van der Waals surface area contributed by atoms with E-state index in [0.29, 0.717) is 29.4 Å². The third kappa shape index (κ3) is 3.01. The summed E-state index contributed by atoms with van der Waals surface area (Å²) >= 11 is 5.95. The summed E-state index contributed by atoms with van der Waals surface area (Å²) in [6, 6.07) is 5.63. The van der Waals surface area contributed by atoms with Gasteiger partial charge in [-0.15, -0.1) is 0 Å². The van der Waals surface area contributed by atoms with Crippen LogP contribution >= 0.6 is 11.6 Å². The molecule has 122 valence electrons. The first kappa shape index (κ1) is 15.1. The standard InChI is InChI=1S/C17H20ClN3O2/c18-12-5-6-16-19-13(9-17(22)21(16)10-12)11-20-7-8-23-15-4-2-1-3-14(15)20/h5-6,9-10,14-15H,1-4,7-8,11H2/t14-,15+/m0/s1. The number of pyridine rings is 1. The van der Waals surface area contributed by atoms with E-state index < -0.39 is 0 Å². The summed E-state index contributed by atoms with van der Waals surface area (Å²) in [4.78, 5) is 19.4. The topological polar surface area (TPSA) is 46.8 Å². The Morgan fingerprint density at radius 2 is 2.17 bits per heavy atom. The molecule has 1 aliphatic heterocycles. The van der Waals surface area contributed by atoms with E-state index in [2.05, 4.69) is 9.88 Å². The van der Waals surface area contributed by atoms with Crippen LogP contribution in [0.1, 0.15) is 31.4 Å². The third-order valence-electron chi connectivity index (χ3n) is 4.89. The lowest BCUT2D eigenvalue weighted by molar-refractivity contribution is -0.0914. The molecule has 3 heterocycles. The quantitative estimate of drug-likeness (QED) is 0.847. The zero-order valence-electron chi connectivity index (χ0n) is 12.9. The molecule has 4 rings (SSSR count). The highest BCUT2D eigenvalue weighted by molar-refractivity contribution is 6.30. The average Bonchev–Trinajstić information content (AvgIpc) is 2.56. The molecular weight excluding hydrogens is 314 g/mol. The molecular formula is C17H20ClN3O2. The van der Waals surface area contributed by atoms with E-state index in [-0.39, 0.29) is 5.56 Å². The second-order valence-corrected chi connectivity index (χ2v) is 6.83. The summed E-state index contributed by atoms with van der Waals surface area (Å²) in [5, 5.41) is 0.535. The molecule has 5 nitrogen and oxygen atoms in total. The summed E-state index contributed by atoms with van der Waals surface area (Å²) in [5.74, 6) is 0. The van der Waals surface area contributed by atoms with Crippen LogP contribution in [0.4, 0.5) is 0 Å². The molecule has 2 aromatic rings. The van der Waals surface area contributed by atoms with Crippen LogP contribution in [0.15, 0.2) is 29.2 Å². The van der Waals surface area contributed by atoms with Crippen LogP contribution in [0, 0.1) is 0 Å². The van der Waals surface area contributed by atoms with E-state index in [0.717, 1.165) is 25.3 Å². The number of fused-ring (bicyclic) bond motifs is 2. The minimum atomic E-state index is -0.0825. The minimum absolute atomic E-state index is 0.0825. The molecule has 0 radical (unpaired) electrons. The number of morpholine rings is 1. The molecule has 0 spiro atoms. The summed E-state index contributed by atoms with van der Waals surface area (Å²) in [6.07, 6.45) is 6.79. The van der Waals surface area contributed by atoms with E-state index >= 15 is 0 Å². The van der Waals surface area contributed by atoms with Gasteiger partial charge in [0.15, 0.2) is 0 Å². The SMILES string of the molecule is O=c1cc(CN2CCO[C@@H]3CCCC[C@@H]32)nc2ccc(Cl)cn12. The second kappa shape index (κ2) is 6.23. The van der Waals surface area contributed by atoms with Gasteiger partial charge in [-0.05, 0) is 25.0 Å². The lowest BCUT2D eigenvalue weighted by Crippen LogP contribution is -2.52. The van der Waals surface area contributed by atoms with Crippen molar-refractivity contribution >= 4 is 17.2 Å². The molecule has 1 saturated carbocycles. The van der Waals surface area contributed by atoms with Crippen LogP contribution in [0.5, 0.6) is 0 Å². The number of hydrogen-bond donors (Lipinski definition) is 0. The van der Waals surface area contributed by atoms with Crippen molar-refractivity contribution < 1.29 is 4.74 Å². The highest BCUT2D eigenvalue weighted by Crippen LogP contribution is 2.29. The molecule has 2 aromatic heterocycles. The van der Waals surface area contributed by atoms with Crippen LogP contribution in [-0.4, -0.2) is 39.6 Å². The second-order valence-electron chi connectivity index (χ2n) is 6.39. The van der Waals surface area contributed by atoms with E-state index in [4.69, 9.17) is 16.3 Å². The highest BCUT2D eigenvalue weighted by Gasteiger charge is 2.34. The predicted molar refractivity (Wildman–Crippen MR) is 88.9 cm³/mol. The first-order valence-corrected chi connectivity index (χ1v) is 8.62. The van der Waals surface area contributed by atoms with Crippen LogP contribution in [0.25, 0.3) is 5.65 Å². The number of rotatable bonds is 2. The van der Waals surface area contributed by atoms with Gasteiger partial charge in [0.05, 0.1) is 23.4 Å². The Hall–Kier alpha value is -1.43. The predicted octanol–water partition coefficient (Wildman–Crippen LogP) is 2.49. The van der Waals surface area contributed by atoms with Crippen LogP contribution < -0.4 is 5.56 Å². The Morgan fingerprint density at radius 3 is 3.09 bits per heavy atom. The number of nitrogens with zero attached hydrogens (tertiary/aromatic N) is 3. The molecule has 1 aliphatic carbocycles. The number of hydrogen-bond acceptors (Lipinski definition) is 4. The Balaban J connectivity index is 1.62. The largest absolute Gasteiger partial charge is 0.375 e. The summed E-state index contributed by atoms with van der Waals surface area (Å²) < 4.78 is 7.41. The van der Waals surface area contributed by atoms with Gasteiger partial charge in [0.2, 0.25) is 0 Å². The minimum Gasteiger partial charge on any atom is -0.375 e. The van der Waals surface area contributed by atoms with Crippen molar-refractivity contribution in [3.8, 4) is 0 Å². The van der Waals surface area contributed by atoms with Gasteiger partial charge in [-0.2, -0.15) is 0 Å². The van der Waals surface area contributed by atoms with Crippen molar-refractivity contribution in [2.24, 2.45) is 0 Å². The molecule has 0 N–H and O–H groups in total. The summed E-state index contributed by atoms with van der Waals surface area (Å²) in [7, 11) is 0. The van der Waals surface area contributed by atoms with Crippen molar-refractivity contribution in [1.29, 1.82) is 0 Å². The Morgan fingerprint density at radius 1 is 1.30 bits per heavy atom. The first-order valence-electron chi connectivity index (χ1n) is 8.24. The van der Waals surface area contributed by atoms with Gasteiger partial charge >= 0.3 is 0 Å². The molecule has 0 amide bonds. The average molecular weight is 334 g/mol. The molecule has 23 heavy (non-hydrogen) atoms. The van der Waals surface area contributed by atoms with Gasteiger partial charge in [-0.3, -0.25) is 14.1 Å². The first-order chi connectivity index (χ1) is 11.2. The molecule has 2 aliphatic rings. The van der Waals surface area contributed by atoms with Gasteiger partial charge in [0.1, 0.15) is 5.65 Å². The van der Waals surface area contributed by atoms with Gasteiger partial charge in [-0.25, -0.2) is 4.98 Å². The Bertz CT molecular complexity index is 774. The highest BCUT2D eigenvalue weighted by atomic mass is 35.5. The van der Waals surface area contributed by atoms with Crippen molar-refractivity contribution in [2.75, 3.05) is 13.2 Å². The zero-order chi connectivity index (χ0) is 15.8. The summed E-state index contributed by atoms with van der Waals surface area (Å²) in [5.41, 5.74) is 1.38. The van der Waals surface area contributed by atoms with Gasteiger partial charge in [0.25, 0.3) is 5.56 Å². The lowest BCUT2D eigenvalue weighted by atomic mass is 9.90. The van der Waals surface area contributed by atoms with Crippen LogP contribution in [-0.2, 0) is 11.3 Å². The monoisotopic (exact) mass is 333 g/mol. The van der Waals surface area contributed by atoms with E-state index in [1.54, 1.807) is 24.4 Å². The molecule has 0 aromatic carbocycles. The molecule has 0 bridgehead atoms. The molecule has 2 fully saturated rings. The molecule has 6 heteroatoms. The van der Waals surface area contributed by atoms with Crippen molar-refractivity contribution in [3.63, 3.8) is 0 Å². The molecule has 2 atom stereocenters. The van der Waals surface area contributed by atoms with Crippen LogP contribution in [0.2, 0.25) is 5.02 Å². The number of halogens is 1. The summed E-state index contributed by atoms with van der Waals surface area (Å²) in [6.45, 7) is 2.38. The fourth-order valence-electron chi connectivity index (χ4n) is 3.79. The van der Waals surface area contributed by atoms with Crippen LogP contribution in [0.3, 0.4) is 0 Å². The fourth-order valence-corrected chi connectivity index (χ4v) is 3.95.